The maximum Gasteiger partial charge on any atom is 0.272 e. The number of piperidine rings is 1. The van der Waals surface area contributed by atoms with Crippen LogP contribution in [0.5, 0.6) is 0 Å². The minimum atomic E-state index is -0.193. The van der Waals surface area contributed by atoms with Gasteiger partial charge in [0.2, 0.25) is 5.95 Å². The van der Waals surface area contributed by atoms with Crippen LogP contribution in [0.15, 0.2) is 31.0 Å². The van der Waals surface area contributed by atoms with Crippen LogP contribution in [-0.4, -0.2) is 65.7 Å². The normalized spacial score (nSPS) is 22.0. The van der Waals surface area contributed by atoms with Gasteiger partial charge in [-0.15, -0.1) is 0 Å². The van der Waals surface area contributed by atoms with Crippen LogP contribution >= 0.6 is 0 Å². The van der Waals surface area contributed by atoms with Gasteiger partial charge < -0.3 is 19.9 Å². The zero-order chi connectivity index (χ0) is 25.1. The molecule has 0 spiro atoms. The van der Waals surface area contributed by atoms with Gasteiger partial charge in [-0.1, -0.05) is 13.3 Å². The van der Waals surface area contributed by atoms with Crippen molar-refractivity contribution in [3.63, 3.8) is 0 Å². The zero-order valence-electron chi connectivity index (χ0n) is 21.3. The predicted molar refractivity (Wildman–Crippen MR) is 139 cm³/mol. The summed E-state index contributed by atoms with van der Waals surface area (Å²) in [7, 11) is 0. The Labute approximate surface area is 212 Å². The molecule has 2 fully saturated rings. The smallest absolute Gasteiger partial charge is 0.272 e. The number of nitrogens with one attached hydrogen (secondary N) is 1. The Kier molecular flexibility index (Phi) is 7.46. The van der Waals surface area contributed by atoms with E-state index in [1.165, 1.54) is 11.9 Å². The molecule has 0 aromatic carbocycles. The van der Waals surface area contributed by atoms with Crippen molar-refractivity contribution in [2.45, 2.75) is 89.3 Å². The van der Waals surface area contributed by atoms with Crippen LogP contribution in [0.4, 0.5) is 5.95 Å². The molecule has 0 bridgehead atoms. The lowest BCUT2D eigenvalue weighted by Gasteiger charge is -2.31. The summed E-state index contributed by atoms with van der Waals surface area (Å²) in [6.45, 7) is 5.75. The third-order valence-corrected chi connectivity index (χ3v) is 7.78. The van der Waals surface area contributed by atoms with Crippen molar-refractivity contribution in [1.29, 1.82) is 0 Å². The minimum Gasteiger partial charge on any atom is -0.393 e. The molecular formula is C27H37N7O2. The van der Waals surface area contributed by atoms with E-state index in [0.717, 1.165) is 62.4 Å². The second-order valence-corrected chi connectivity index (χ2v) is 10.4. The van der Waals surface area contributed by atoms with Gasteiger partial charge in [-0.05, 0) is 69.4 Å². The van der Waals surface area contributed by atoms with Crippen LogP contribution in [0.25, 0.3) is 11.0 Å². The molecule has 1 aliphatic heterocycles. The average molecular weight is 492 g/mol. The first-order chi connectivity index (χ1) is 17.5. The number of hydrogen-bond acceptors (Lipinski definition) is 7. The van der Waals surface area contributed by atoms with E-state index >= 15 is 0 Å². The molecule has 3 aromatic heterocycles. The highest BCUT2D eigenvalue weighted by Gasteiger charge is 2.30. The zero-order valence-corrected chi connectivity index (χ0v) is 21.3. The molecule has 0 unspecified atom stereocenters. The van der Waals surface area contributed by atoms with Gasteiger partial charge in [0.05, 0.1) is 6.10 Å². The highest BCUT2D eigenvalue weighted by Crippen LogP contribution is 2.38. The molecule has 1 amide bonds. The van der Waals surface area contributed by atoms with Gasteiger partial charge >= 0.3 is 0 Å². The third-order valence-electron chi connectivity index (χ3n) is 7.78. The van der Waals surface area contributed by atoms with Gasteiger partial charge in [0.1, 0.15) is 17.7 Å². The van der Waals surface area contributed by atoms with Crippen molar-refractivity contribution in [3.8, 4) is 0 Å². The number of likely N-dealkylation sites (tertiary alicyclic amines) is 1. The first-order valence-corrected chi connectivity index (χ1v) is 13.4. The largest absolute Gasteiger partial charge is 0.393 e. The number of carbonyl (C=O) groups excluding carboxylic acids is 1. The fourth-order valence-corrected chi connectivity index (χ4v) is 5.76. The number of anilines is 1. The van der Waals surface area contributed by atoms with E-state index in [1.807, 2.05) is 11.1 Å². The second kappa shape index (κ2) is 10.9. The summed E-state index contributed by atoms with van der Waals surface area (Å²) in [5.41, 5.74) is 2.70. The van der Waals surface area contributed by atoms with Crippen molar-refractivity contribution < 1.29 is 9.90 Å². The van der Waals surface area contributed by atoms with Crippen molar-refractivity contribution in [3.05, 3.63) is 42.2 Å². The molecule has 2 N–H and O–H groups in total. The topological polar surface area (TPSA) is 109 Å². The minimum absolute atomic E-state index is 0.0284. The van der Waals surface area contributed by atoms with Gasteiger partial charge in [0.25, 0.3) is 5.91 Å². The Morgan fingerprint density at radius 1 is 1.17 bits per heavy atom. The van der Waals surface area contributed by atoms with Crippen molar-refractivity contribution in [2.24, 2.45) is 0 Å². The number of aliphatic hydroxyl groups is 1. The summed E-state index contributed by atoms with van der Waals surface area (Å²) in [6.07, 6.45) is 14.6. The van der Waals surface area contributed by atoms with Crippen molar-refractivity contribution in [1.82, 2.24) is 29.4 Å². The van der Waals surface area contributed by atoms with Crippen LogP contribution in [-0.2, 0) is 0 Å². The Hall–Kier alpha value is -3.07. The Balaban J connectivity index is 1.39. The molecule has 9 nitrogen and oxygen atoms in total. The fourth-order valence-electron chi connectivity index (χ4n) is 5.76. The van der Waals surface area contributed by atoms with Gasteiger partial charge in [0.15, 0.2) is 0 Å². The molecule has 192 valence electrons. The summed E-state index contributed by atoms with van der Waals surface area (Å²) in [6, 6.07) is 2.32. The number of aliphatic hydroxyl groups excluding tert-OH is 1. The van der Waals surface area contributed by atoms with Crippen LogP contribution in [0.2, 0.25) is 0 Å². The summed E-state index contributed by atoms with van der Waals surface area (Å²) >= 11 is 0. The van der Waals surface area contributed by atoms with Crippen LogP contribution in [0.1, 0.15) is 93.2 Å². The summed E-state index contributed by atoms with van der Waals surface area (Å²) in [4.78, 5) is 32.5. The van der Waals surface area contributed by atoms with E-state index in [4.69, 9.17) is 4.98 Å². The number of amides is 1. The number of fused-ring (bicyclic) bond motifs is 1. The molecule has 3 aromatic rings. The lowest BCUT2D eigenvalue weighted by Crippen LogP contribution is -2.38. The third kappa shape index (κ3) is 5.21. The Morgan fingerprint density at radius 2 is 1.94 bits per heavy atom. The van der Waals surface area contributed by atoms with Gasteiger partial charge in [-0.3, -0.25) is 4.79 Å². The van der Waals surface area contributed by atoms with Crippen molar-refractivity contribution >= 4 is 22.9 Å². The first-order valence-electron chi connectivity index (χ1n) is 13.4. The summed E-state index contributed by atoms with van der Waals surface area (Å²) in [5, 5.41) is 14.6. The molecule has 2 aliphatic rings. The monoisotopic (exact) mass is 491 g/mol. The van der Waals surface area contributed by atoms with Gasteiger partial charge in [-0.25, -0.2) is 15.0 Å². The number of aromatic nitrogens is 5. The van der Waals surface area contributed by atoms with E-state index in [9.17, 15) is 9.90 Å². The quantitative estimate of drug-likeness (QED) is 0.507. The maximum atomic E-state index is 12.8. The average Bonchev–Trinajstić information content (AvgIpc) is 3.28. The highest BCUT2D eigenvalue weighted by atomic mass is 16.3. The standard InChI is InChI=1S/C27H37N7O2/c1-3-4-18(2)31-27-29-15-22-23(16-34(25(22)32-27)20-5-7-21(35)8-6-20)19-10-13-33(14-11-19)26(36)24-9-12-28-17-30-24/h9,12,15-21,35H,3-8,10-11,13-14H2,1-2H3,(H,29,31,32)/t18-,20?,21?/m0/s1. The Morgan fingerprint density at radius 3 is 2.64 bits per heavy atom. The molecule has 9 heteroatoms. The molecule has 1 saturated carbocycles. The van der Waals surface area contributed by atoms with Crippen LogP contribution in [0.3, 0.4) is 0 Å². The molecule has 5 rings (SSSR count). The molecule has 36 heavy (non-hydrogen) atoms. The lowest BCUT2D eigenvalue weighted by atomic mass is 9.89. The molecule has 1 atom stereocenters. The van der Waals surface area contributed by atoms with Gasteiger partial charge in [0, 0.05) is 49.1 Å². The van der Waals surface area contributed by atoms with E-state index < -0.39 is 0 Å². The first kappa shape index (κ1) is 24.6. The van der Waals surface area contributed by atoms with E-state index in [2.05, 4.69) is 44.9 Å². The maximum absolute atomic E-state index is 12.8. The molecule has 4 heterocycles. The highest BCUT2D eigenvalue weighted by molar-refractivity contribution is 5.92. The van der Waals surface area contributed by atoms with Crippen LogP contribution < -0.4 is 5.32 Å². The Bertz CT molecular complexity index is 1170. The molecule has 1 saturated heterocycles. The molecular weight excluding hydrogens is 454 g/mol. The summed E-state index contributed by atoms with van der Waals surface area (Å²) in [5.74, 6) is 0.994. The van der Waals surface area contributed by atoms with Crippen LogP contribution in [0, 0.1) is 0 Å². The number of hydrogen-bond donors (Lipinski definition) is 2. The summed E-state index contributed by atoms with van der Waals surface area (Å²) < 4.78 is 2.34. The fraction of sp³-hybridized carbons (Fsp3) is 0.593. The number of rotatable bonds is 7. The van der Waals surface area contributed by atoms with Crippen molar-refractivity contribution in [2.75, 3.05) is 18.4 Å². The van der Waals surface area contributed by atoms with E-state index in [-0.39, 0.29) is 12.0 Å². The molecule has 1 aliphatic carbocycles. The number of nitrogens with zero attached hydrogens (tertiary/aromatic N) is 6. The second-order valence-electron chi connectivity index (χ2n) is 10.4. The van der Waals surface area contributed by atoms with E-state index in [1.54, 1.807) is 12.3 Å². The predicted octanol–water partition coefficient (Wildman–Crippen LogP) is 4.32. The molecule has 0 radical (unpaired) electrons. The lowest BCUT2D eigenvalue weighted by molar-refractivity contribution is 0.0707. The number of carbonyl (C=O) groups is 1. The van der Waals surface area contributed by atoms with Gasteiger partial charge in [-0.2, -0.15) is 4.98 Å². The van der Waals surface area contributed by atoms with E-state index in [0.29, 0.717) is 42.7 Å². The SMILES string of the molecule is CCC[C@H](C)Nc1ncc2c(C3CCN(C(=O)c4ccncn4)CC3)cn(C3CCC(O)CC3)c2n1.